The highest BCUT2D eigenvalue weighted by molar-refractivity contribution is 4.89. The molecule has 2 heteroatoms. The fourth-order valence-electron chi connectivity index (χ4n) is 0.624. The van der Waals surface area contributed by atoms with Gasteiger partial charge in [-0.1, -0.05) is 0 Å². The van der Waals surface area contributed by atoms with Gasteiger partial charge in [-0.25, -0.2) is 0 Å². The summed E-state index contributed by atoms with van der Waals surface area (Å²) in [5.41, 5.74) is 0. The van der Waals surface area contributed by atoms with E-state index in [4.69, 9.17) is 9.84 Å². The molecule has 1 rings (SSSR count). The summed E-state index contributed by atoms with van der Waals surface area (Å²) in [5.74, 6) is 0.722. The maximum atomic E-state index is 8.28. The summed E-state index contributed by atoms with van der Waals surface area (Å²) in [7, 11) is 0. The Kier molecular flexibility index (Phi) is 1.20. The SMILES string of the molecule is OC=C1CCCO1. The quantitative estimate of drug-likeness (QED) is 0.463. The second-order valence-electron chi connectivity index (χ2n) is 1.55. The number of aliphatic hydroxyl groups excluding tert-OH is 1. The van der Waals surface area contributed by atoms with Gasteiger partial charge in [0.2, 0.25) is 0 Å². The average molecular weight is 100 g/mol. The predicted molar refractivity (Wildman–Crippen MR) is 25.9 cm³/mol. The Bertz CT molecular complexity index is 78.1. The van der Waals surface area contributed by atoms with Gasteiger partial charge in [0.05, 0.1) is 6.61 Å². The lowest BCUT2D eigenvalue weighted by atomic mass is 10.3. The molecule has 0 aromatic heterocycles. The highest BCUT2D eigenvalue weighted by atomic mass is 16.5. The zero-order chi connectivity index (χ0) is 5.11. The van der Waals surface area contributed by atoms with E-state index in [1.54, 1.807) is 0 Å². The van der Waals surface area contributed by atoms with Gasteiger partial charge in [-0.3, -0.25) is 0 Å². The van der Waals surface area contributed by atoms with E-state index in [-0.39, 0.29) is 0 Å². The van der Waals surface area contributed by atoms with Gasteiger partial charge >= 0.3 is 0 Å². The van der Waals surface area contributed by atoms with Crippen LogP contribution in [0.15, 0.2) is 12.0 Å². The van der Waals surface area contributed by atoms with E-state index >= 15 is 0 Å². The summed E-state index contributed by atoms with van der Waals surface area (Å²) in [6.45, 7) is 0.770. The lowest BCUT2D eigenvalue weighted by molar-refractivity contribution is 0.249. The van der Waals surface area contributed by atoms with Crippen LogP contribution in [0.3, 0.4) is 0 Å². The Morgan fingerprint density at radius 1 is 1.71 bits per heavy atom. The van der Waals surface area contributed by atoms with Crippen molar-refractivity contribution < 1.29 is 9.84 Å². The lowest BCUT2D eigenvalue weighted by Crippen LogP contribution is -1.76. The minimum Gasteiger partial charge on any atom is -0.512 e. The zero-order valence-electron chi connectivity index (χ0n) is 4.05. The van der Waals surface area contributed by atoms with Crippen LogP contribution in [0.25, 0.3) is 0 Å². The minimum absolute atomic E-state index is 0.722. The van der Waals surface area contributed by atoms with Crippen LogP contribution in [0, 0.1) is 0 Å². The van der Waals surface area contributed by atoms with Crippen molar-refractivity contribution in [2.45, 2.75) is 12.8 Å². The van der Waals surface area contributed by atoms with Crippen molar-refractivity contribution >= 4 is 0 Å². The monoisotopic (exact) mass is 100 g/mol. The third-order valence-electron chi connectivity index (χ3n) is 0.999. The van der Waals surface area contributed by atoms with Crippen LogP contribution >= 0.6 is 0 Å². The Morgan fingerprint density at radius 2 is 2.57 bits per heavy atom. The summed E-state index contributed by atoms with van der Waals surface area (Å²) in [6.07, 6.45) is 2.98. The second-order valence-corrected chi connectivity index (χ2v) is 1.55. The molecule has 0 spiro atoms. The van der Waals surface area contributed by atoms with E-state index in [1.807, 2.05) is 0 Å². The lowest BCUT2D eigenvalue weighted by Gasteiger charge is -1.90. The molecule has 0 aromatic carbocycles. The number of rotatable bonds is 0. The first-order valence-electron chi connectivity index (χ1n) is 2.39. The number of hydrogen-bond acceptors (Lipinski definition) is 2. The van der Waals surface area contributed by atoms with Gasteiger partial charge in [0.15, 0.2) is 0 Å². The normalized spacial score (nSPS) is 25.4. The van der Waals surface area contributed by atoms with Crippen molar-refractivity contribution in [1.29, 1.82) is 0 Å². The second kappa shape index (κ2) is 1.87. The maximum Gasteiger partial charge on any atom is 0.130 e. The van der Waals surface area contributed by atoms with E-state index in [0.29, 0.717) is 0 Å². The Hall–Kier alpha value is -0.660. The summed E-state index contributed by atoms with van der Waals surface area (Å²) in [6, 6.07) is 0. The van der Waals surface area contributed by atoms with Crippen LogP contribution < -0.4 is 0 Å². The van der Waals surface area contributed by atoms with Crippen LogP contribution in [-0.4, -0.2) is 11.7 Å². The van der Waals surface area contributed by atoms with E-state index in [9.17, 15) is 0 Å². The Morgan fingerprint density at radius 3 is 2.86 bits per heavy atom. The van der Waals surface area contributed by atoms with Gasteiger partial charge in [0, 0.05) is 6.42 Å². The van der Waals surface area contributed by atoms with E-state index < -0.39 is 0 Å². The maximum absolute atomic E-state index is 8.28. The predicted octanol–water partition coefficient (Wildman–Crippen LogP) is 1.20. The minimum atomic E-state index is 0.722. The highest BCUT2D eigenvalue weighted by Crippen LogP contribution is 2.13. The van der Waals surface area contributed by atoms with Crippen molar-refractivity contribution in [2.24, 2.45) is 0 Å². The number of hydrogen-bond donors (Lipinski definition) is 1. The third kappa shape index (κ3) is 0.856. The number of ether oxygens (including phenoxy) is 1. The largest absolute Gasteiger partial charge is 0.512 e. The van der Waals surface area contributed by atoms with E-state index in [0.717, 1.165) is 31.5 Å². The molecule has 40 valence electrons. The molecular weight excluding hydrogens is 92.1 g/mol. The molecule has 1 aliphatic heterocycles. The van der Waals surface area contributed by atoms with Crippen LogP contribution in [0.2, 0.25) is 0 Å². The Balaban J connectivity index is 2.41. The molecule has 1 N–H and O–H groups in total. The van der Waals surface area contributed by atoms with Gasteiger partial charge < -0.3 is 9.84 Å². The first-order valence-corrected chi connectivity index (χ1v) is 2.39. The van der Waals surface area contributed by atoms with Gasteiger partial charge in [0.25, 0.3) is 0 Å². The number of allylic oxidation sites excluding steroid dienone is 1. The topological polar surface area (TPSA) is 29.5 Å². The molecular formula is C5H8O2. The summed E-state index contributed by atoms with van der Waals surface area (Å²) < 4.78 is 4.91. The van der Waals surface area contributed by atoms with Crippen LogP contribution in [0.5, 0.6) is 0 Å². The molecule has 0 bridgehead atoms. The van der Waals surface area contributed by atoms with Crippen molar-refractivity contribution in [3.8, 4) is 0 Å². The van der Waals surface area contributed by atoms with E-state index in [2.05, 4.69) is 0 Å². The van der Waals surface area contributed by atoms with Crippen molar-refractivity contribution in [3.05, 3.63) is 12.0 Å². The van der Waals surface area contributed by atoms with Gasteiger partial charge in [-0.05, 0) is 6.42 Å². The van der Waals surface area contributed by atoms with Crippen LogP contribution in [0.4, 0.5) is 0 Å². The molecule has 0 aliphatic carbocycles. The molecule has 0 amide bonds. The molecule has 1 aliphatic rings. The molecule has 7 heavy (non-hydrogen) atoms. The molecule has 0 saturated carbocycles. The van der Waals surface area contributed by atoms with E-state index in [1.165, 1.54) is 0 Å². The zero-order valence-corrected chi connectivity index (χ0v) is 4.05. The van der Waals surface area contributed by atoms with Gasteiger partial charge in [0.1, 0.15) is 12.0 Å². The highest BCUT2D eigenvalue weighted by Gasteiger charge is 2.05. The average Bonchev–Trinajstić information content (AvgIpc) is 2.14. The van der Waals surface area contributed by atoms with Crippen LogP contribution in [-0.2, 0) is 4.74 Å². The Labute approximate surface area is 42.4 Å². The summed E-state index contributed by atoms with van der Waals surface area (Å²) in [4.78, 5) is 0. The standard InChI is InChI=1S/C5H8O2/c6-4-5-2-1-3-7-5/h4,6H,1-3H2. The molecule has 0 atom stereocenters. The summed E-state index contributed by atoms with van der Waals surface area (Å²) in [5, 5.41) is 8.28. The van der Waals surface area contributed by atoms with Crippen LogP contribution in [0.1, 0.15) is 12.8 Å². The molecule has 1 heterocycles. The molecule has 0 radical (unpaired) electrons. The van der Waals surface area contributed by atoms with Gasteiger partial charge in [-0.2, -0.15) is 0 Å². The van der Waals surface area contributed by atoms with Crippen molar-refractivity contribution in [2.75, 3.05) is 6.61 Å². The molecule has 2 nitrogen and oxygen atoms in total. The first kappa shape index (κ1) is 4.50. The summed E-state index contributed by atoms with van der Waals surface area (Å²) >= 11 is 0. The van der Waals surface area contributed by atoms with Crippen molar-refractivity contribution in [1.82, 2.24) is 0 Å². The van der Waals surface area contributed by atoms with Crippen molar-refractivity contribution in [3.63, 3.8) is 0 Å². The molecule has 0 aromatic rings. The molecule has 0 unspecified atom stereocenters. The molecule has 1 fully saturated rings. The smallest absolute Gasteiger partial charge is 0.130 e. The van der Waals surface area contributed by atoms with Gasteiger partial charge in [-0.15, -0.1) is 0 Å². The molecule has 1 saturated heterocycles. The fourth-order valence-corrected chi connectivity index (χ4v) is 0.624. The fraction of sp³-hybridized carbons (Fsp3) is 0.600. The number of aliphatic hydroxyl groups is 1. The third-order valence-corrected chi connectivity index (χ3v) is 0.999. The first-order chi connectivity index (χ1) is 3.43.